The van der Waals surface area contributed by atoms with Crippen molar-refractivity contribution in [3.8, 4) is 11.5 Å². The minimum Gasteiger partial charge on any atom is -0.483 e. The standard InChI is InChI=1S/C26H32N2O3.C2H6/c1-6-18(3)20-12-13-23(21(16-20)26(4,5)7-2)30-17-24(29)28-25-27-15-14-19-10-8-9-11-22(19)31-25;1-2/h8-16,18H,6-7,17H2,1-5H3,(H,27,28,29);1-2H3. The molecule has 1 aliphatic rings. The third-order valence-corrected chi connectivity index (χ3v) is 5.97. The summed E-state index contributed by atoms with van der Waals surface area (Å²) >= 11 is 0. The van der Waals surface area contributed by atoms with Crippen LogP contribution in [0.5, 0.6) is 11.5 Å². The summed E-state index contributed by atoms with van der Waals surface area (Å²) in [6, 6.07) is 14.0. The molecule has 0 radical (unpaired) electrons. The molecule has 5 nitrogen and oxygen atoms in total. The molecular formula is C28H38N2O3. The van der Waals surface area contributed by atoms with E-state index in [2.05, 4.69) is 57.1 Å². The number of carbonyl (C=O) groups excluding carboxylic acids is 1. The van der Waals surface area contributed by atoms with E-state index in [-0.39, 0.29) is 24.0 Å². The fourth-order valence-corrected chi connectivity index (χ4v) is 3.32. The Morgan fingerprint density at radius 1 is 1.15 bits per heavy atom. The molecule has 0 aromatic heterocycles. The van der Waals surface area contributed by atoms with Crippen molar-refractivity contribution in [2.75, 3.05) is 6.61 Å². The molecule has 0 spiro atoms. The van der Waals surface area contributed by atoms with Crippen LogP contribution in [0.15, 0.2) is 53.7 Å². The molecule has 1 aliphatic heterocycles. The average Bonchev–Trinajstić information content (AvgIpc) is 3.05. The van der Waals surface area contributed by atoms with Crippen molar-refractivity contribution in [2.45, 2.75) is 72.6 Å². The number of carbonyl (C=O) groups is 1. The number of para-hydroxylation sites is 1. The molecule has 1 N–H and O–H groups in total. The molecule has 1 unspecified atom stereocenters. The number of nitrogens with zero attached hydrogens (tertiary/aromatic N) is 1. The summed E-state index contributed by atoms with van der Waals surface area (Å²) in [5.41, 5.74) is 3.26. The zero-order valence-corrected chi connectivity index (χ0v) is 21.1. The van der Waals surface area contributed by atoms with E-state index < -0.39 is 0 Å². The van der Waals surface area contributed by atoms with Gasteiger partial charge < -0.3 is 9.47 Å². The maximum atomic E-state index is 12.5. The number of ether oxygens (including phenoxy) is 2. The SMILES string of the molecule is CC.CCC(C)c1ccc(OCC(=O)NC2=NC=Cc3ccccc3O2)c(C(C)(C)CC)c1. The lowest BCUT2D eigenvalue weighted by atomic mass is 9.80. The first-order valence-corrected chi connectivity index (χ1v) is 11.9. The predicted octanol–water partition coefficient (Wildman–Crippen LogP) is 6.83. The summed E-state index contributed by atoms with van der Waals surface area (Å²) in [4.78, 5) is 16.7. The quantitative estimate of drug-likeness (QED) is 0.503. The second-order valence-electron chi connectivity index (χ2n) is 8.53. The Kier molecular flexibility index (Phi) is 9.71. The molecule has 3 rings (SSSR count). The van der Waals surface area contributed by atoms with Crippen LogP contribution in [0.1, 0.15) is 83.9 Å². The van der Waals surface area contributed by atoms with Crippen LogP contribution < -0.4 is 14.8 Å². The van der Waals surface area contributed by atoms with Gasteiger partial charge in [0.25, 0.3) is 5.91 Å². The van der Waals surface area contributed by atoms with Gasteiger partial charge in [0.05, 0.1) is 0 Å². The number of fused-ring (bicyclic) bond motifs is 1. The molecule has 0 bridgehead atoms. The van der Waals surface area contributed by atoms with Crippen LogP contribution in [0, 0.1) is 0 Å². The molecule has 178 valence electrons. The summed E-state index contributed by atoms with van der Waals surface area (Å²) in [5.74, 6) is 1.54. The Balaban J connectivity index is 0.00000187. The van der Waals surface area contributed by atoms with E-state index in [1.54, 1.807) is 6.20 Å². The third-order valence-electron chi connectivity index (χ3n) is 5.97. The molecule has 0 aliphatic carbocycles. The lowest BCUT2D eigenvalue weighted by Crippen LogP contribution is -2.37. The summed E-state index contributed by atoms with van der Waals surface area (Å²) in [5, 5.41) is 2.69. The highest BCUT2D eigenvalue weighted by molar-refractivity contribution is 5.96. The number of aliphatic imine (C=N–C) groups is 1. The van der Waals surface area contributed by atoms with E-state index in [1.165, 1.54) is 5.56 Å². The van der Waals surface area contributed by atoms with Crippen LogP contribution in [0.2, 0.25) is 0 Å². The first kappa shape index (κ1) is 26.2. The van der Waals surface area contributed by atoms with Gasteiger partial charge in [0.2, 0.25) is 0 Å². The smallest absolute Gasteiger partial charge is 0.301 e. The van der Waals surface area contributed by atoms with Crippen molar-refractivity contribution in [1.29, 1.82) is 0 Å². The van der Waals surface area contributed by atoms with E-state index in [0.29, 0.717) is 11.7 Å². The largest absolute Gasteiger partial charge is 0.483 e. The predicted molar refractivity (Wildman–Crippen MR) is 137 cm³/mol. The molecule has 2 aromatic carbocycles. The summed E-state index contributed by atoms with van der Waals surface area (Å²) in [6.07, 6.45) is 5.49. The molecule has 0 fully saturated rings. The number of hydrogen-bond donors (Lipinski definition) is 1. The number of nitrogens with one attached hydrogen (secondary N) is 1. The molecule has 1 heterocycles. The zero-order chi connectivity index (χ0) is 24.4. The van der Waals surface area contributed by atoms with Crippen LogP contribution >= 0.6 is 0 Å². The van der Waals surface area contributed by atoms with Gasteiger partial charge in [-0.1, -0.05) is 78.8 Å². The summed E-state index contributed by atoms with van der Waals surface area (Å²) in [7, 11) is 0. The van der Waals surface area contributed by atoms with Gasteiger partial charge >= 0.3 is 6.02 Å². The Hall–Kier alpha value is -3.08. The molecule has 1 atom stereocenters. The molecule has 5 heteroatoms. The zero-order valence-electron chi connectivity index (χ0n) is 21.1. The Bertz CT molecular complexity index is 992. The van der Waals surface area contributed by atoms with Gasteiger partial charge in [-0.3, -0.25) is 10.1 Å². The molecule has 2 aromatic rings. The van der Waals surface area contributed by atoms with Crippen LogP contribution in [-0.2, 0) is 10.2 Å². The number of hydrogen-bond acceptors (Lipinski definition) is 4. The van der Waals surface area contributed by atoms with Crippen LogP contribution in [0.25, 0.3) is 6.08 Å². The average molecular weight is 451 g/mol. The van der Waals surface area contributed by atoms with Gasteiger partial charge in [0, 0.05) is 17.3 Å². The lowest BCUT2D eigenvalue weighted by Gasteiger charge is -2.27. The molecule has 0 saturated carbocycles. The molecule has 1 amide bonds. The maximum absolute atomic E-state index is 12.5. The first-order chi connectivity index (χ1) is 15.8. The second-order valence-corrected chi connectivity index (χ2v) is 8.53. The van der Waals surface area contributed by atoms with Crippen LogP contribution in [-0.4, -0.2) is 18.5 Å². The number of amidine groups is 1. The molecular weight excluding hydrogens is 412 g/mol. The summed E-state index contributed by atoms with van der Waals surface area (Å²) < 4.78 is 11.7. The number of benzene rings is 2. The Labute approximate surface area is 198 Å². The van der Waals surface area contributed by atoms with Gasteiger partial charge in [-0.05, 0) is 47.9 Å². The van der Waals surface area contributed by atoms with E-state index in [1.807, 2.05) is 50.3 Å². The fourth-order valence-electron chi connectivity index (χ4n) is 3.32. The molecule has 0 saturated heterocycles. The highest BCUT2D eigenvalue weighted by Crippen LogP contribution is 2.36. The summed E-state index contributed by atoms with van der Waals surface area (Å²) in [6.45, 7) is 14.9. The topological polar surface area (TPSA) is 59.9 Å². The second kappa shape index (κ2) is 12.2. The number of rotatable bonds is 7. The van der Waals surface area contributed by atoms with E-state index in [4.69, 9.17) is 9.47 Å². The van der Waals surface area contributed by atoms with Crippen molar-refractivity contribution in [3.05, 3.63) is 65.4 Å². The van der Waals surface area contributed by atoms with Crippen molar-refractivity contribution >= 4 is 18.0 Å². The minimum absolute atomic E-state index is 0.0573. The Morgan fingerprint density at radius 3 is 2.58 bits per heavy atom. The van der Waals surface area contributed by atoms with Crippen LogP contribution in [0.3, 0.4) is 0 Å². The monoisotopic (exact) mass is 450 g/mol. The van der Waals surface area contributed by atoms with Crippen molar-refractivity contribution in [2.24, 2.45) is 4.99 Å². The van der Waals surface area contributed by atoms with Gasteiger partial charge in [-0.2, -0.15) is 0 Å². The van der Waals surface area contributed by atoms with Crippen molar-refractivity contribution in [1.82, 2.24) is 5.32 Å². The molecule has 33 heavy (non-hydrogen) atoms. The van der Waals surface area contributed by atoms with Crippen molar-refractivity contribution < 1.29 is 14.3 Å². The Morgan fingerprint density at radius 2 is 1.88 bits per heavy atom. The number of amides is 1. The highest BCUT2D eigenvalue weighted by atomic mass is 16.5. The van der Waals surface area contributed by atoms with Gasteiger partial charge in [0.1, 0.15) is 11.5 Å². The van der Waals surface area contributed by atoms with Gasteiger partial charge in [-0.15, -0.1) is 0 Å². The van der Waals surface area contributed by atoms with Gasteiger partial charge in [0.15, 0.2) is 6.61 Å². The minimum atomic E-state index is -0.321. The van der Waals surface area contributed by atoms with Gasteiger partial charge in [-0.25, -0.2) is 4.99 Å². The first-order valence-electron chi connectivity index (χ1n) is 11.9. The maximum Gasteiger partial charge on any atom is 0.301 e. The highest BCUT2D eigenvalue weighted by Gasteiger charge is 2.24. The van der Waals surface area contributed by atoms with E-state index in [9.17, 15) is 4.79 Å². The van der Waals surface area contributed by atoms with Crippen LogP contribution in [0.4, 0.5) is 0 Å². The normalized spacial score (nSPS) is 13.4. The lowest BCUT2D eigenvalue weighted by molar-refractivity contribution is -0.121. The fraction of sp³-hybridized carbons (Fsp3) is 0.429. The van der Waals surface area contributed by atoms with E-state index >= 15 is 0 Å². The van der Waals surface area contributed by atoms with E-state index in [0.717, 1.165) is 29.7 Å². The third kappa shape index (κ3) is 6.95. The van der Waals surface area contributed by atoms with Crippen molar-refractivity contribution in [3.63, 3.8) is 0 Å².